The van der Waals surface area contributed by atoms with E-state index in [0.717, 1.165) is 17.7 Å². The van der Waals surface area contributed by atoms with Gasteiger partial charge in [-0.2, -0.15) is 0 Å². The lowest BCUT2D eigenvalue weighted by molar-refractivity contribution is 1.15. The monoisotopic (exact) mass is 245 g/mol. The van der Waals surface area contributed by atoms with Crippen molar-refractivity contribution in [2.75, 3.05) is 0 Å². The van der Waals surface area contributed by atoms with Gasteiger partial charge in [-0.25, -0.2) is 0 Å². The number of aromatic nitrogens is 1. The third-order valence-electron chi connectivity index (χ3n) is 3.15. The SMILES string of the molecule is c1ccc(Cc2ccc(-c3ccccc3)nc2)cc1. The highest BCUT2D eigenvalue weighted by Crippen LogP contribution is 2.17. The first-order chi connectivity index (χ1) is 9.42. The lowest BCUT2D eigenvalue weighted by Crippen LogP contribution is -1.90. The smallest absolute Gasteiger partial charge is 0.0702 e. The fourth-order valence-corrected chi connectivity index (χ4v) is 2.14. The fraction of sp³-hybridized carbons (Fsp3) is 0.0556. The van der Waals surface area contributed by atoms with Crippen LogP contribution in [0.3, 0.4) is 0 Å². The molecule has 3 rings (SSSR count). The van der Waals surface area contributed by atoms with Crippen molar-refractivity contribution in [3.63, 3.8) is 0 Å². The van der Waals surface area contributed by atoms with E-state index in [1.165, 1.54) is 11.1 Å². The van der Waals surface area contributed by atoms with Gasteiger partial charge < -0.3 is 0 Å². The standard InChI is InChI=1S/C18H15N/c1-3-7-15(8-4-1)13-16-11-12-18(19-14-16)17-9-5-2-6-10-17/h1-12,14H,13H2. The van der Waals surface area contributed by atoms with E-state index in [0.29, 0.717) is 0 Å². The van der Waals surface area contributed by atoms with Crippen LogP contribution in [0.5, 0.6) is 0 Å². The van der Waals surface area contributed by atoms with Crippen molar-refractivity contribution < 1.29 is 0 Å². The highest BCUT2D eigenvalue weighted by molar-refractivity contribution is 5.58. The Morgan fingerprint density at radius 2 is 1.32 bits per heavy atom. The summed E-state index contributed by atoms with van der Waals surface area (Å²) in [6.07, 6.45) is 2.90. The Morgan fingerprint density at radius 3 is 1.95 bits per heavy atom. The minimum atomic E-state index is 0.933. The molecular formula is C18H15N. The van der Waals surface area contributed by atoms with Gasteiger partial charge in [0.2, 0.25) is 0 Å². The largest absolute Gasteiger partial charge is 0.256 e. The van der Waals surface area contributed by atoms with Crippen molar-refractivity contribution in [3.05, 3.63) is 90.1 Å². The molecule has 0 spiro atoms. The van der Waals surface area contributed by atoms with Gasteiger partial charge in [0.25, 0.3) is 0 Å². The second-order valence-electron chi connectivity index (χ2n) is 4.58. The van der Waals surface area contributed by atoms with Crippen molar-refractivity contribution in [3.8, 4) is 11.3 Å². The van der Waals surface area contributed by atoms with Crippen LogP contribution >= 0.6 is 0 Å². The van der Waals surface area contributed by atoms with Gasteiger partial charge in [-0.1, -0.05) is 66.7 Å². The van der Waals surface area contributed by atoms with E-state index in [2.05, 4.69) is 53.5 Å². The highest BCUT2D eigenvalue weighted by atomic mass is 14.7. The van der Waals surface area contributed by atoms with Gasteiger partial charge in [-0.05, 0) is 23.6 Å². The van der Waals surface area contributed by atoms with Crippen LogP contribution in [-0.4, -0.2) is 4.98 Å². The number of nitrogens with zero attached hydrogens (tertiary/aromatic N) is 1. The number of benzene rings is 2. The maximum Gasteiger partial charge on any atom is 0.0702 e. The molecule has 0 aliphatic carbocycles. The van der Waals surface area contributed by atoms with Crippen LogP contribution in [0.25, 0.3) is 11.3 Å². The first-order valence-electron chi connectivity index (χ1n) is 6.46. The summed E-state index contributed by atoms with van der Waals surface area (Å²) in [5.74, 6) is 0. The minimum Gasteiger partial charge on any atom is -0.256 e. The molecule has 2 aromatic carbocycles. The van der Waals surface area contributed by atoms with Gasteiger partial charge in [-0.3, -0.25) is 4.98 Å². The van der Waals surface area contributed by atoms with E-state index in [4.69, 9.17) is 0 Å². The van der Waals surface area contributed by atoms with Crippen molar-refractivity contribution in [1.82, 2.24) is 4.98 Å². The van der Waals surface area contributed by atoms with E-state index < -0.39 is 0 Å². The summed E-state index contributed by atoms with van der Waals surface area (Å²) in [5.41, 5.74) is 4.74. The van der Waals surface area contributed by atoms with Crippen molar-refractivity contribution in [2.24, 2.45) is 0 Å². The highest BCUT2D eigenvalue weighted by Gasteiger charge is 2.00. The van der Waals surface area contributed by atoms with Crippen molar-refractivity contribution in [1.29, 1.82) is 0 Å². The van der Waals surface area contributed by atoms with Gasteiger partial charge in [0, 0.05) is 11.8 Å². The number of pyridine rings is 1. The van der Waals surface area contributed by atoms with Crippen LogP contribution in [-0.2, 0) is 6.42 Å². The van der Waals surface area contributed by atoms with Crippen LogP contribution in [0.15, 0.2) is 79.0 Å². The first-order valence-corrected chi connectivity index (χ1v) is 6.46. The molecule has 0 bridgehead atoms. The average molecular weight is 245 g/mol. The molecule has 92 valence electrons. The Kier molecular flexibility index (Phi) is 3.37. The maximum absolute atomic E-state index is 4.55. The Labute approximate surface area is 113 Å². The van der Waals surface area contributed by atoms with Crippen LogP contribution in [0.4, 0.5) is 0 Å². The second-order valence-corrected chi connectivity index (χ2v) is 4.58. The van der Waals surface area contributed by atoms with Crippen molar-refractivity contribution in [2.45, 2.75) is 6.42 Å². The zero-order chi connectivity index (χ0) is 12.9. The van der Waals surface area contributed by atoms with Crippen molar-refractivity contribution >= 4 is 0 Å². The zero-order valence-corrected chi connectivity index (χ0v) is 10.7. The molecule has 0 amide bonds. The molecule has 0 aliphatic rings. The Morgan fingerprint density at radius 1 is 0.632 bits per heavy atom. The molecule has 1 aromatic heterocycles. The van der Waals surface area contributed by atoms with E-state index in [-0.39, 0.29) is 0 Å². The summed E-state index contributed by atoms with van der Waals surface area (Å²) in [4.78, 5) is 4.55. The summed E-state index contributed by atoms with van der Waals surface area (Å²) < 4.78 is 0. The van der Waals surface area contributed by atoms with Gasteiger partial charge in [0.15, 0.2) is 0 Å². The average Bonchev–Trinajstić information content (AvgIpc) is 2.50. The van der Waals surface area contributed by atoms with E-state index in [1.54, 1.807) is 0 Å². The molecule has 1 nitrogen and oxygen atoms in total. The third kappa shape index (κ3) is 2.89. The van der Waals surface area contributed by atoms with Gasteiger partial charge in [0.05, 0.1) is 5.69 Å². The molecule has 1 heteroatoms. The normalized spacial score (nSPS) is 10.3. The van der Waals surface area contributed by atoms with Gasteiger partial charge in [0.1, 0.15) is 0 Å². The first kappa shape index (κ1) is 11.7. The third-order valence-corrected chi connectivity index (χ3v) is 3.15. The Balaban J connectivity index is 1.80. The molecule has 3 aromatic rings. The lowest BCUT2D eigenvalue weighted by atomic mass is 10.1. The number of hydrogen-bond acceptors (Lipinski definition) is 1. The molecule has 0 N–H and O–H groups in total. The number of rotatable bonds is 3. The van der Waals surface area contributed by atoms with E-state index >= 15 is 0 Å². The van der Waals surface area contributed by atoms with E-state index in [1.807, 2.05) is 30.5 Å². The summed E-state index contributed by atoms with van der Waals surface area (Å²) in [6.45, 7) is 0. The predicted molar refractivity (Wildman–Crippen MR) is 78.9 cm³/mol. The minimum absolute atomic E-state index is 0.933. The lowest BCUT2D eigenvalue weighted by Gasteiger charge is -2.04. The zero-order valence-electron chi connectivity index (χ0n) is 10.7. The molecule has 19 heavy (non-hydrogen) atoms. The van der Waals surface area contributed by atoms with Crippen LogP contribution in [0.1, 0.15) is 11.1 Å². The van der Waals surface area contributed by atoms with E-state index in [9.17, 15) is 0 Å². The van der Waals surface area contributed by atoms with Gasteiger partial charge >= 0.3 is 0 Å². The van der Waals surface area contributed by atoms with Gasteiger partial charge in [-0.15, -0.1) is 0 Å². The molecule has 0 radical (unpaired) electrons. The van der Waals surface area contributed by atoms with Crippen LogP contribution in [0.2, 0.25) is 0 Å². The predicted octanol–water partition coefficient (Wildman–Crippen LogP) is 4.34. The molecule has 1 heterocycles. The summed E-state index contributed by atoms with van der Waals surface area (Å²) >= 11 is 0. The topological polar surface area (TPSA) is 12.9 Å². The molecule has 0 fully saturated rings. The Bertz CT molecular complexity index is 628. The Hall–Kier alpha value is -2.41. The summed E-state index contributed by atoms with van der Waals surface area (Å²) in [7, 11) is 0. The molecule has 0 saturated heterocycles. The molecule has 0 atom stereocenters. The van der Waals surface area contributed by atoms with Crippen LogP contribution in [0, 0.1) is 0 Å². The molecular weight excluding hydrogens is 230 g/mol. The summed E-state index contributed by atoms with van der Waals surface area (Å²) in [6, 6.07) is 25.0. The molecule has 0 unspecified atom stereocenters. The number of hydrogen-bond donors (Lipinski definition) is 0. The molecule has 0 aliphatic heterocycles. The second kappa shape index (κ2) is 5.49. The quantitative estimate of drug-likeness (QED) is 0.669. The fourth-order valence-electron chi connectivity index (χ4n) is 2.14. The maximum atomic E-state index is 4.55. The van der Waals surface area contributed by atoms with Crippen LogP contribution < -0.4 is 0 Å². The summed E-state index contributed by atoms with van der Waals surface area (Å²) in [5, 5.41) is 0. The molecule has 0 saturated carbocycles.